The minimum absolute atomic E-state index is 0.0763. The molecule has 1 amide bonds. The molecule has 5 rings (SSSR count). The maximum absolute atomic E-state index is 13.0. The Morgan fingerprint density at radius 1 is 1.07 bits per heavy atom. The van der Waals surface area contributed by atoms with Gasteiger partial charge in [0.2, 0.25) is 0 Å². The molecule has 1 aliphatic heterocycles. The van der Waals surface area contributed by atoms with Crippen LogP contribution in [-0.4, -0.2) is 15.7 Å². The molecule has 0 unspecified atom stereocenters. The normalized spacial score (nSPS) is 15.1. The second kappa shape index (κ2) is 7.48. The van der Waals surface area contributed by atoms with Crippen LogP contribution in [0.1, 0.15) is 56.8 Å². The molecule has 0 spiro atoms. The maximum atomic E-state index is 13.0. The summed E-state index contributed by atoms with van der Waals surface area (Å²) in [4.78, 5) is 13.0. The first-order chi connectivity index (χ1) is 14.2. The molecular weight excluding hydrogens is 360 g/mol. The van der Waals surface area contributed by atoms with Crippen LogP contribution in [0, 0.1) is 6.92 Å². The third kappa shape index (κ3) is 3.47. The van der Waals surface area contributed by atoms with Crippen LogP contribution in [0.4, 0.5) is 0 Å². The average molecular weight is 386 g/mol. The summed E-state index contributed by atoms with van der Waals surface area (Å²) in [6.45, 7) is 4.45. The maximum Gasteiger partial charge on any atom is 0.272 e. The van der Waals surface area contributed by atoms with E-state index in [1.54, 1.807) is 0 Å². The Labute approximate surface area is 171 Å². The lowest BCUT2D eigenvalue weighted by molar-refractivity contribution is 0.0944. The quantitative estimate of drug-likeness (QED) is 0.720. The minimum Gasteiger partial charge on any atom is -0.347 e. The zero-order valence-corrected chi connectivity index (χ0v) is 16.8. The van der Waals surface area contributed by atoms with Crippen molar-refractivity contribution in [1.29, 1.82) is 0 Å². The Bertz CT molecular complexity index is 1070. The Hall–Kier alpha value is -2.92. The molecule has 0 bridgehead atoms. The van der Waals surface area contributed by atoms with Crippen molar-refractivity contribution in [2.24, 2.45) is 0 Å². The Kier molecular flexibility index (Phi) is 4.68. The highest BCUT2D eigenvalue weighted by Gasteiger charge is 2.25. The number of amides is 1. The summed E-state index contributed by atoms with van der Waals surface area (Å²) in [5, 5.41) is 11.2. The van der Waals surface area contributed by atoms with Crippen LogP contribution in [0.2, 0.25) is 0 Å². The van der Waals surface area contributed by atoms with Gasteiger partial charge in [-0.15, -0.1) is 0 Å². The van der Waals surface area contributed by atoms with Crippen molar-refractivity contribution in [2.45, 2.75) is 52.2 Å². The number of aromatic nitrogens is 2. The smallest absolute Gasteiger partial charge is 0.272 e. The fourth-order valence-electron chi connectivity index (χ4n) is 4.41. The van der Waals surface area contributed by atoms with Crippen molar-refractivity contribution in [2.75, 3.05) is 0 Å². The summed E-state index contributed by atoms with van der Waals surface area (Å²) in [6, 6.07) is 14.8. The van der Waals surface area contributed by atoms with E-state index in [4.69, 9.17) is 5.10 Å². The number of fused-ring (bicyclic) bond motifs is 2. The fraction of sp³-hybridized carbons (Fsp3) is 0.333. The predicted molar refractivity (Wildman–Crippen MR) is 113 cm³/mol. The van der Waals surface area contributed by atoms with Gasteiger partial charge in [0.25, 0.3) is 5.91 Å². The summed E-state index contributed by atoms with van der Waals surface area (Å²) in [5.74, 6) is -0.0763. The molecule has 2 N–H and O–H groups in total. The van der Waals surface area contributed by atoms with Gasteiger partial charge in [-0.1, -0.05) is 35.9 Å². The molecule has 1 aromatic heterocycles. The molecule has 2 aromatic carbocycles. The number of carbonyl (C=O) groups excluding carboxylic acids is 1. The molecule has 0 fully saturated rings. The van der Waals surface area contributed by atoms with Crippen molar-refractivity contribution >= 4 is 5.91 Å². The SMILES string of the molecule is Cc1ccc(-n2nc(C(=O)NCc3ccc4c(c3)CNC4)c3c2CCCC3)cc1. The van der Waals surface area contributed by atoms with E-state index in [1.807, 2.05) is 4.68 Å². The lowest BCUT2D eigenvalue weighted by Crippen LogP contribution is -2.24. The number of aryl methyl sites for hydroxylation is 1. The van der Waals surface area contributed by atoms with E-state index in [0.717, 1.165) is 55.6 Å². The van der Waals surface area contributed by atoms with E-state index in [1.165, 1.54) is 22.4 Å². The van der Waals surface area contributed by atoms with Gasteiger partial charge in [0, 0.05) is 30.9 Å². The number of nitrogens with one attached hydrogen (secondary N) is 2. The Balaban J connectivity index is 1.40. The molecule has 0 saturated carbocycles. The molecular formula is C24H26N4O. The van der Waals surface area contributed by atoms with Gasteiger partial charge < -0.3 is 10.6 Å². The first-order valence-corrected chi connectivity index (χ1v) is 10.5. The molecule has 1 aliphatic carbocycles. The molecule has 148 valence electrons. The lowest BCUT2D eigenvalue weighted by Gasteiger charge is -2.14. The highest BCUT2D eigenvalue weighted by molar-refractivity contribution is 5.94. The predicted octanol–water partition coefficient (Wildman–Crippen LogP) is 3.59. The zero-order chi connectivity index (χ0) is 19.8. The molecule has 0 atom stereocenters. The first-order valence-electron chi connectivity index (χ1n) is 10.5. The molecule has 0 radical (unpaired) electrons. The molecule has 2 heterocycles. The van der Waals surface area contributed by atoms with Gasteiger partial charge in [-0.2, -0.15) is 5.10 Å². The van der Waals surface area contributed by atoms with E-state index < -0.39 is 0 Å². The lowest BCUT2D eigenvalue weighted by atomic mass is 9.95. The Morgan fingerprint density at radius 2 is 1.86 bits per heavy atom. The number of carbonyl (C=O) groups is 1. The van der Waals surface area contributed by atoms with Gasteiger partial charge >= 0.3 is 0 Å². The molecule has 2 aliphatic rings. The third-order valence-corrected chi connectivity index (χ3v) is 6.03. The average Bonchev–Trinajstić information content (AvgIpc) is 3.37. The molecule has 5 heteroatoms. The van der Waals surface area contributed by atoms with E-state index in [-0.39, 0.29) is 5.91 Å². The number of benzene rings is 2. The Morgan fingerprint density at radius 3 is 2.72 bits per heavy atom. The van der Waals surface area contributed by atoms with Gasteiger partial charge in [0.15, 0.2) is 5.69 Å². The van der Waals surface area contributed by atoms with Gasteiger partial charge in [0.1, 0.15) is 0 Å². The third-order valence-electron chi connectivity index (χ3n) is 6.03. The largest absolute Gasteiger partial charge is 0.347 e. The number of nitrogens with zero attached hydrogens (tertiary/aromatic N) is 2. The number of hydrogen-bond acceptors (Lipinski definition) is 3. The standard InChI is InChI=1S/C24H26N4O/c1-16-6-10-20(11-7-16)28-22-5-3-2-4-21(22)23(27-28)24(29)26-13-17-8-9-18-14-25-15-19(18)12-17/h6-12,25H,2-5,13-15H2,1H3,(H,26,29). The molecule has 29 heavy (non-hydrogen) atoms. The molecule has 0 saturated heterocycles. The topological polar surface area (TPSA) is 59.0 Å². The highest BCUT2D eigenvalue weighted by atomic mass is 16.1. The summed E-state index contributed by atoms with van der Waals surface area (Å²) >= 11 is 0. The van der Waals surface area contributed by atoms with E-state index in [9.17, 15) is 4.79 Å². The van der Waals surface area contributed by atoms with Crippen LogP contribution in [-0.2, 0) is 32.5 Å². The van der Waals surface area contributed by atoms with Crippen LogP contribution < -0.4 is 10.6 Å². The summed E-state index contributed by atoms with van der Waals surface area (Å²) < 4.78 is 1.98. The molecule has 3 aromatic rings. The summed E-state index contributed by atoms with van der Waals surface area (Å²) in [6.07, 6.45) is 4.16. The molecule has 5 nitrogen and oxygen atoms in total. The monoisotopic (exact) mass is 386 g/mol. The second-order valence-corrected chi connectivity index (χ2v) is 8.12. The van der Waals surface area contributed by atoms with Crippen molar-refractivity contribution in [3.05, 3.63) is 81.7 Å². The second-order valence-electron chi connectivity index (χ2n) is 8.12. The van der Waals surface area contributed by atoms with E-state index in [0.29, 0.717) is 12.2 Å². The van der Waals surface area contributed by atoms with Crippen molar-refractivity contribution in [3.8, 4) is 5.69 Å². The van der Waals surface area contributed by atoms with Crippen LogP contribution >= 0.6 is 0 Å². The van der Waals surface area contributed by atoms with Gasteiger partial charge in [-0.3, -0.25) is 4.79 Å². The van der Waals surface area contributed by atoms with E-state index in [2.05, 4.69) is 60.0 Å². The van der Waals surface area contributed by atoms with Gasteiger partial charge in [-0.05, 0) is 61.4 Å². The minimum atomic E-state index is -0.0763. The van der Waals surface area contributed by atoms with Crippen LogP contribution in [0.3, 0.4) is 0 Å². The van der Waals surface area contributed by atoms with E-state index >= 15 is 0 Å². The summed E-state index contributed by atoms with van der Waals surface area (Å²) in [7, 11) is 0. The number of rotatable bonds is 4. The van der Waals surface area contributed by atoms with Crippen molar-refractivity contribution in [1.82, 2.24) is 20.4 Å². The first kappa shape index (κ1) is 18.1. The van der Waals surface area contributed by atoms with Crippen LogP contribution in [0.15, 0.2) is 42.5 Å². The van der Waals surface area contributed by atoms with Crippen LogP contribution in [0.5, 0.6) is 0 Å². The van der Waals surface area contributed by atoms with Gasteiger partial charge in [-0.25, -0.2) is 4.68 Å². The van der Waals surface area contributed by atoms with Crippen molar-refractivity contribution in [3.63, 3.8) is 0 Å². The fourth-order valence-corrected chi connectivity index (χ4v) is 4.41. The van der Waals surface area contributed by atoms with Crippen molar-refractivity contribution < 1.29 is 4.79 Å². The zero-order valence-electron chi connectivity index (χ0n) is 16.8. The number of hydrogen-bond donors (Lipinski definition) is 2. The summed E-state index contributed by atoms with van der Waals surface area (Å²) in [5.41, 5.74) is 8.96. The van der Waals surface area contributed by atoms with Gasteiger partial charge in [0.05, 0.1) is 5.69 Å². The van der Waals surface area contributed by atoms with Crippen LogP contribution in [0.25, 0.3) is 5.69 Å². The highest BCUT2D eigenvalue weighted by Crippen LogP contribution is 2.27.